The molecule has 26 heavy (non-hydrogen) atoms. The fourth-order valence-corrected chi connectivity index (χ4v) is 4.19. The molecule has 0 saturated carbocycles. The van der Waals surface area contributed by atoms with Gasteiger partial charge in [0.05, 0.1) is 6.04 Å². The fraction of sp³-hybridized carbons (Fsp3) is 0.400. The van der Waals surface area contributed by atoms with Crippen LogP contribution in [0, 0.1) is 0 Å². The number of piperidine rings is 1. The van der Waals surface area contributed by atoms with Crippen LogP contribution in [0.5, 0.6) is 0 Å². The van der Waals surface area contributed by atoms with Crippen molar-refractivity contribution in [1.82, 2.24) is 24.9 Å². The van der Waals surface area contributed by atoms with Crippen molar-refractivity contribution in [2.45, 2.75) is 44.6 Å². The van der Waals surface area contributed by atoms with Crippen LogP contribution < -0.4 is 4.90 Å². The normalized spacial score (nSPS) is 19.5. The van der Waals surface area contributed by atoms with Gasteiger partial charge in [0.15, 0.2) is 5.82 Å². The summed E-state index contributed by atoms with van der Waals surface area (Å²) in [5.74, 6) is 2.87. The standard InChI is InChI=1S/C20H22N6/c1-3-10-21-16(7-1)18-24-15-8-5-6-14(15)20(25-18)26-13-4-2-9-17(26)19-22-11-12-23-19/h1,3,7,10-12,17H,2,4-6,8-9,13H2,(H,22,23)/t17-/m0/s1. The molecule has 2 aliphatic rings. The van der Waals surface area contributed by atoms with E-state index < -0.39 is 0 Å². The van der Waals surface area contributed by atoms with Gasteiger partial charge in [-0.25, -0.2) is 15.0 Å². The zero-order valence-corrected chi connectivity index (χ0v) is 14.7. The van der Waals surface area contributed by atoms with E-state index >= 15 is 0 Å². The van der Waals surface area contributed by atoms with E-state index in [1.165, 1.54) is 24.1 Å². The van der Waals surface area contributed by atoms with Gasteiger partial charge < -0.3 is 9.88 Å². The van der Waals surface area contributed by atoms with Crippen molar-refractivity contribution in [3.63, 3.8) is 0 Å². The monoisotopic (exact) mass is 346 g/mol. The van der Waals surface area contributed by atoms with Crippen LogP contribution in [0.25, 0.3) is 11.5 Å². The van der Waals surface area contributed by atoms with Gasteiger partial charge in [0.2, 0.25) is 0 Å². The maximum absolute atomic E-state index is 5.01. The molecule has 3 aromatic heterocycles. The molecular formula is C20H22N6. The van der Waals surface area contributed by atoms with E-state index in [0.717, 1.165) is 55.4 Å². The number of H-pyrrole nitrogens is 1. The third-order valence-corrected chi connectivity index (χ3v) is 5.42. The third kappa shape index (κ3) is 2.66. The number of nitrogens with zero attached hydrogens (tertiary/aromatic N) is 5. The highest BCUT2D eigenvalue weighted by Gasteiger charge is 2.31. The molecule has 1 saturated heterocycles. The Bertz CT molecular complexity index is 890. The Morgan fingerprint density at radius 3 is 2.85 bits per heavy atom. The Kier molecular flexibility index (Phi) is 3.88. The van der Waals surface area contributed by atoms with Crippen molar-refractivity contribution in [2.24, 2.45) is 0 Å². The summed E-state index contributed by atoms with van der Waals surface area (Å²) in [5, 5.41) is 0. The molecule has 1 fully saturated rings. The summed E-state index contributed by atoms with van der Waals surface area (Å²) in [4.78, 5) is 24.6. The average molecular weight is 346 g/mol. The lowest BCUT2D eigenvalue weighted by Crippen LogP contribution is -2.35. The van der Waals surface area contributed by atoms with Gasteiger partial charge in [-0.1, -0.05) is 6.07 Å². The molecule has 0 spiro atoms. The number of aryl methyl sites for hydroxylation is 1. The molecule has 6 heteroatoms. The van der Waals surface area contributed by atoms with Crippen molar-refractivity contribution < 1.29 is 0 Å². The molecule has 0 aromatic carbocycles. The molecule has 0 amide bonds. The number of rotatable bonds is 3. The van der Waals surface area contributed by atoms with Crippen LogP contribution in [0.2, 0.25) is 0 Å². The minimum Gasteiger partial charge on any atom is -0.347 e. The van der Waals surface area contributed by atoms with Crippen LogP contribution in [0.15, 0.2) is 36.8 Å². The number of nitrogens with one attached hydrogen (secondary N) is 1. The van der Waals surface area contributed by atoms with E-state index in [1.54, 1.807) is 6.20 Å². The summed E-state index contributed by atoms with van der Waals surface area (Å²) < 4.78 is 0. The van der Waals surface area contributed by atoms with Gasteiger partial charge in [0.1, 0.15) is 17.3 Å². The molecule has 0 radical (unpaired) electrons. The first kappa shape index (κ1) is 15.5. The number of imidazole rings is 1. The number of anilines is 1. The Morgan fingerprint density at radius 2 is 2.00 bits per heavy atom. The van der Waals surface area contributed by atoms with Crippen LogP contribution in [0.4, 0.5) is 5.82 Å². The fourth-order valence-electron chi connectivity index (χ4n) is 4.19. The first-order valence-electron chi connectivity index (χ1n) is 9.47. The zero-order valence-electron chi connectivity index (χ0n) is 14.7. The number of aromatic nitrogens is 5. The second-order valence-electron chi connectivity index (χ2n) is 7.04. The lowest BCUT2D eigenvalue weighted by atomic mass is 10.0. The Morgan fingerprint density at radius 1 is 1.00 bits per heavy atom. The van der Waals surface area contributed by atoms with Gasteiger partial charge in [0.25, 0.3) is 0 Å². The summed E-state index contributed by atoms with van der Waals surface area (Å²) in [6.45, 7) is 1.01. The van der Waals surface area contributed by atoms with Gasteiger partial charge in [-0.2, -0.15) is 0 Å². The van der Waals surface area contributed by atoms with Crippen molar-refractivity contribution >= 4 is 5.82 Å². The van der Waals surface area contributed by atoms with Gasteiger partial charge >= 0.3 is 0 Å². The van der Waals surface area contributed by atoms with Crippen molar-refractivity contribution in [2.75, 3.05) is 11.4 Å². The molecule has 5 rings (SSSR count). The molecule has 4 heterocycles. The van der Waals surface area contributed by atoms with Gasteiger partial charge in [0, 0.05) is 36.4 Å². The summed E-state index contributed by atoms with van der Waals surface area (Å²) in [6.07, 6.45) is 12.3. The molecule has 1 aliphatic heterocycles. The molecule has 6 nitrogen and oxygen atoms in total. The van der Waals surface area contributed by atoms with Gasteiger partial charge in [-0.15, -0.1) is 0 Å². The highest BCUT2D eigenvalue weighted by atomic mass is 15.3. The van der Waals surface area contributed by atoms with Crippen molar-refractivity contribution in [1.29, 1.82) is 0 Å². The van der Waals surface area contributed by atoms with Crippen molar-refractivity contribution in [3.8, 4) is 11.5 Å². The summed E-state index contributed by atoms with van der Waals surface area (Å²) in [5.41, 5.74) is 3.36. The highest BCUT2D eigenvalue weighted by Crippen LogP contribution is 2.38. The summed E-state index contributed by atoms with van der Waals surface area (Å²) >= 11 is 0. The number of hydrogen-bond donors (Lipinski definition) is 1. The van der Waals surface area contributed by atoms with Crippen molar-refractivity contribution in [3.05, 3.63) is 53.9 Å². The summed E-state index contributed by atoms with van der Waals surface area (Å²) in [6, 6.07) is 6.16. The minimum atomic E-state index is 0.259. The largest absolute Gasteiger partial charge is 0.347 e. The highest BCUT2D eigenvalue weighted by molar-refractivity contribution is 5.59. The van der Waals surface area contributed by atoms with E-state index in [0.29, 0.717) is 0 Å². The summed E-state index contributed by atoms with van der Waals surface area (Å²) in [7, 11) is 0. The third-order valence-electron chi connectivity index (χ3n) is 5.42. The lowest BCUT2D eigenvalue weighted by Gasteiger charge is -2.36. The second-order valence-corrected chi connectivity index (χ2v) is 7.04. The van der Waals surface area contributed by atoms with Crippen LogP contribution >= 0.6 is 0 Å². The van der Waals surface area contributed by atoms with Crippen LogP contribution in [-0.4, -0.2) is 31.5 Å². The van der Waals surface area contributed by atoms with E-state index in [-0.39, 0.29) is 6.04 Å². The van der Waals surface area contributed by atoms with E-state index in [9.17, 15) is 0 Å². The molecule has 1 aliphatic carbocycles. The van der Waals surface area contributed by atoms with Gasteiger partial charge in [-0.3, -0.25) is 4.98 Å². The molecule has 0 bridgehead atoms. The van der Waals surface area contributed by atoms with E-state index in [4.69, 9.17) is 9.97 Å². The first-order chi connectivity index (χ1) is 12.9. The number of hydrogen-bond acceptors (Lipinski definition) is 5. The lowest BCUT2D eigenvalue weighted by molar-refractivity contribution is 0.454. The Hall–Kier alpha value is -2.76. The molecule has 3 aromatic rings. The molecule has 132 valence electrons. The topological polar surface area (TPSA) is 70.6 Å². The predicted molar refractivity (Wildman–Crippen MR) is 99.8 cm³/mol. The minimum absolute atomic E-state index is 0.259. The van der Waals surface area contributed by atoms with Crippen LogP contribution in [-0.2, 0) is 12.8 Å². The maximum atomic E-state index is 5.01. The molecule has 0 unspecified atom stereocenters. The zero-order chi connectivity index (χ0) is 17.3. The second kappa shape index (κ2) is 6.52. The van der Waals surface area contributed by atoms with Crippen LogP contribution in [0.3, 0.4) is 0 Å². The first-order valence-corrected chi connectivity index (χ1v) is 9.47. The molecule has 1 atom stereocenters. The SMILES string of the molecule is c1ccc(-c2nc3c(c(N4CCCC[C@H]4c4ncc[nH]4)n2)CCC3)nc1. The Labute approximate surface area is 152 Å². The number of fused-ring (bicyclic) bond motifs is 1. The van der Waals surface area contributed by atoms with Crippen LogP contribution in [0.1, 0.15) is 48.8 Å². The quantitative estimate of drug-likeness (QED) is 0.786. The smallest absolute Gasteiger partial charge is 0.180 e. The molecule has 1 N–H and O–H groups in total. The predicted octanol–water partition coefficient (Wildman–Crippen LogP) is 3.48. The van der Waals surface area contributed by atoms with Gasteiger partial charge in [-0.05, 0) is 50.7 Å². The average Bonchev–Trinajstić information content (AvgIpc) is 3.40. The number of aromatic amines is 1. The van der Waals surface area contributed by atoms with E-state index in [1.807, 2.05) is 30.6 Å². The number of pyridine rings is 1. The maximum Gasteiger partial charge on any atom is 0.180 e. The Balaban J connectivity index is 1.62. The molecular weight excluding hydrogens is 324 g/mol. The van der Waals surface area contributed by atoms with E-state index in [2.05, 4.69) is 19.9 Å².